The van der Waals surface area contributed by atoms with Gasteiger partial charge in [0.2, 0.25) is 5.91 Å². The lowest BCUT2D eigenvalue weighted by molar-refractivity contribution is -0.123. The third-order valence-corrected chi connectivity index (χ3v) is 3.61. The molecule has 2 aliphatic heterocycles. The number of halogens is 2. The summed E-state index contributed by atoms with van der Waals surface area (Å²) in [6.45, 7) is 2.38. The van der Waals surface area contributed by atoms with Crippen molar-refractivity contribution in [1.82, 2.24) is 15.5 Å². The second-order valence-corrected chi connectivity index (χ2v) is 4.87. The standard InChI is InChI=1S/C11H21N3O2.2ClH/c1-14-4-2-3-8(14)6-13-11(16)10-5-9(15)7-12-10;;/h8-10,12,15H,2-7H2,1H3,(H,13,16);2*1H. The Morgan fingerprint density at radius 1 is 1.50 bits per heavy atom. The molecule has 3 N–H and O–H groups in total. The Bertz CT molecular complexity index is 269. The van der Waals surface area contributed by atoms with E-state index in [1.54, 1.807) is 0 Å². The summed E-state index contributed by atoms with van der Waals surface area (Å²) < 4.78 is 0. The molecule has 2 rings (SSSR count). The molecule has 18 heavy (non-hydrogen) atoms. The van der Waals surface area contributed by atoms with Crippen LogP contribution >= 0.6 is 24.8 Å². The predicted molar refractivity (Wildman–Crippen MR) is 75.6 cm³/mol. The van der Waals surface area contributed by atoms with Crippen LogP contribution in [0.2, 0.25) is 0 Å². The lowest BCUT2D eigenvalue weighted by Crippen LogP contribution is -2.45. The van der Waals surface area contributed by atoms with Gasteiger partial charge < -0.3 is 20.6 Å². The van der Waals surface area contributed by atoms with Gasteiger partial charge in [-0.15, -0.1) is 24.8 Å². The second kappa shape index (κ2) is 8.17. The summed E-state index contributed by atoms with van der Waals surface area (Å²) in [6.07, 6.45) is 2.55. The van der Waals surface area contributed by atoms with E-state index in [1.165, 1.54) is 6.42 Å². The fourth-order valence-electron chi connectivity index (χ4n) is 2.50. The zero-order valence-electron chi connectivity index (χ0n) is 10.6. The van der Waals surface area contributed by atoms with Gasteiger partial charge >= 0.3 is 0 Å². The second-order valence-electron chi connectivity index (χ2n) is 4.87. The number of aliphatic hydroxyl groups excluding tert-OH is 1. The molecule has 0 bridgehead atoms. The van der Waals surface area contributed by atoms with E-state index in [0.29, 0.717) is 19.0 Å². The summed E-state index contributed by atoms with van der Waals surface area (Å²) in [4.78, 5) is 14.0. The molecular formula is C11H23Cl2N3O2. The maximum atomic E-state index is 11.8. The lowest BCUT2D eigenvalue weighted by Gasteiger charge is -2.20. The van der Waals surface area contributed by atoms with E-state index in [2.05, 4.69) is 22.6 Å². The van der Waals surface area contributed by atoms with Crippen molar-refractivity contribution >= 4 is 30.7 Å². The molecule has 2 saturated heterocycles. The van der Waals surface area contributed by atoms with Crippen LogP contribution in [0.5, 0.6) is 0 Å². The maximum absolute atomic E-state index is 11.8. The molecule has 5 nitrogen and oxygen atoms in total. The number of rotatable bonds is 3. The monoisotopic (exact) mass is 299 g/mol. The van der Waals surface area contributed by atoms with Crippen LogP contribution in [0.4, 0.5) is 0 Å². The minimum absolute atomic E-state index is 0. The molecule has 0 saturated carbocycles. The van der Waals surface area contributed by atoms with E-state index in [-0.39, 0.29) is 42.9 Å². The van der Waals surface area contributed by atoms with Crippen molar-refractivity contribution in [2.45, 2.75) is 37.5 Å². The third kappa shape index (κ3) is 4.55. The summed E-state index contributed by atoms with van der Waals surface area (Å²) in [5, 5.41) is 15.3. The number of carbonyl (C=O) groups excluding carboxylic acids is 1. The number of nitrogens with one attached hydrogen (secondary N) is 2. The Balaban J connectivity index is 0.00000144. The first-order valence-corrected chi connectivity index (χ1v) is 6.06. The zero-order valence-corrected chi connectivity index (χ0v) is 12.2. The Labute approximate surface area is 120 Å². The van der Waals surface area contributed by atoms with E-state index in [9.17, 15) is 9.90 Å². The fraction of sp³-hybridized carbons (Fsp3) is 0.909. The highest BCUT2D eigenvalue weighted by Gasteiger charge is 2.29. The van der Waals surface area contributed by atoms with Crippen LogP contribution in [0.25, 0.3) is 0 Å². The van der Waals surface area contributed by atoms with E-state index in [4.69, 9.17) is 0 Å². The molecule has 0 aromatic heterocycles. The number of likely N-dealkylation sites (tertiary alicyclic amines) is 1. The molecule has 3 unspecified atom stereocenters. The van der Waals surface area contributed by atoms with Crippen LogP contribution in [0.1, 0.15) is 19.3 Å². The smallest absolute Gasteiger partial charge is 0.237 e. The number of hydrogen-bond acceptors (Lipinski definition) is 4. The molecule has 0 aromatic carbocycles. The highest BCUT2D eigenvalue weighted by Crippen LogP contribution is 2.13. The number of aliphatic hydroxyl groups is 1. The van der Waals surface area contributed by atoms with Gasteiger partial charge in [-0.25, -0.2) is 0 Å². The fourth-order valence-corrected chi connectivity index (χ4v) is 2.50. The van der Waals surface area contributed by atoms with Crippen molar-refractivity contribution < 1.29 is 9.90 Å². The Hall–Kier alpha value is -0.0700. The Morgan fingerprint density at radius 3 is 2.72 bits per heavy atom. The SMILES string of the molecule is CN1CCCC1CNC(=O)C1CC(O)CN1.Cl.Cl. The first-order chi connectivity index (χ1) is 7.66. The van der Waals surface area contributed by atoms with Gasteiger partial charge in [-0.05, 0) is 32.9 Å². The minimum Gasteiger partial charge on any atom is -0.392 e. The lowest BCUT2D eigenvalue weighted by atomic mass is 10.2. The van der Waals surface area contributed by atoms with Crippen molar-refractivity contribution in [3.05, 3.63) is 0 Å². The average molecular weight is 300 g/mol. The van der Waals surface area contributed by atoms with E-state index >= 15 is 0 Å². The third-order valence-electron chi connectivity index (χ3n) is 3.61. The van der Waals surface area contributed by atoms with Gasteiger partial charge in [-0.1, -0.05) is 0 Å². The molecule has 0 aromatic rings. The van der Waals surface area contributed by atoms with Gasteiger partial charge in [0.15, 0.2) is 0 Å². The topological polar surface area (TPSA) is 64.6 Å². The molecule has 2 heterocycles. The number of likely N-dealkylation sites (N-methyl/N-ethyl adjacent to an activating group) is 1. The molecule has 108 valence electrons. The summed E-state index contributed by atoms with van der Waals surface area (Å²) in [5.41, 5.74) is 0. The van der Waals surface area contributed by atoms with Crippen LogP contribution < -0.4 is 10.6 Å². The number of carbonyl (C=O) groups is 1. The van der Waals surface area contributed by atoms with Crippen LogP contribution in [0.3, 0.4) is 0 Å². The Kier molecular flexibility index (Phi) is 8.14. The summed E-state index contributed by atoms with van der Waals surface area (Å²) in [7, 11) is 2.10. The minimum atomic E-state index is -0.370. The van der Waals surface area contributed by atoms with E-state index < -0.39 is 0 Å². The van der Waals surface area contributed by atoms with Crippen molar-refractivity contribution in [3.8, 4) is 0 Å². The molecular weight excluding hydrogens is 277 g/mol. The van der Waals surface area contributed by atoms with E-state index in [0.717, 1.165) is 19.5 Å². The largest absolute Gasteiger partial charge is 0.392 e. The molecule has 3 atom stereocenters. The molecule has 0 aliphatic carbocycles. The average Bonchev–Trinajstić information content (AvgIpc) is 2.84. The number of β-amino-alcohol motifs (C(OH)–C–C–N with tert-alkyl or cyclic N) is 1. The molecule has 2 fully saturated rings. The van der Waals surface area contributed by atoms with Crippen LogP contribution in [0, 0.1) is 0 Å². The first-order valence-electron chi connectivity index (χ1n) is 6.06. The van der Waals surface area contributed by atoms with Gasteiger partial charge in [0.05, 0.1) is 12.1 Å². The van der Waals surface area contributed by atoms with Crippen molar-refractivity contribution in [2.75, 3.05) is 26.7 Å². The van der Waals surface area contributed by atoms with Gasteiger partial charge in [-0.3, -0.25) is 4.79 Å². The van der Waals surface area contributed by atoms with Gasteiger partial charge in [0.1, 0.15) is 0 Å². The highest BCUT2D eigenvalue weighted by atomic mass is 35.5. The molecule has 1 amide bonds. The highest BCUT2D eigenvalue weighted by molar-refractivity contribution is 5.85. The normalized spacial score (nSPS) is 31.6. The summed E-state index contributed by atoms with van der Waals surface area (Å²) in [6, 6.07) is 0.275. The van der Waals surface area contributed by atoms with Crippen molar-refractivity contribution in [1.29, 1.82) is 0 Å². The molecule has 7 heteroatoms. The van der Waals surface area contributed by atoms with Crippen molar-refractivity contribution in [2.24, 2.45) is 0 Å². The van der Waals surface area contributed by atoms with E-state index in [1.807, 2.05) is 0 Å². The van der Waals surface area contributed by atoms with Crippen LogP contribution in [-0.2, 0) is 4.79 Å². The number of amides is 1. The summed E-state index contributed by atoms with van der Waals surface area (Å²) >= 11 is 0. The number of nitrogens with zero attached hydrogens (tertiary/aromatic N) is 1. The Morgan fingerprint density at radius 2 is 2.22 bits per heavy atom. The number of hydrogen-bond donors (Lipinski definition) is 3. The zero-order chi connectivity index (χ0) is 11.5. The van der Waals surface area contributed by atoms with Gasteiger partial charge in [0, 0.05) is 19.1 Å². The van der Waals surface area contributed by atoms with Crippen LogP contribution in [-0.4, -0.2) is 60.8 Å². The predicted octanol–water partition coefficient (Wildman–Crippen LogP) is -0.237. The van der Waals surface area contributed by atoms with Gasteiger partial charge in [-0.2, -0.15) is 0 Å². The molecule has 0 radical (unpaired) electrons. The van der Waals surface area contributed by atoms with Crippen LogP contribution in [0.15, 0.2) is 0 Å². The molecule has 0 spiro atoms. The quantitative estimate of drug-likeness (QED) is 0.673. The maximum Gasteiger partial charge on any atom is 0.237 e. The first kappa shape index (κ1) is 17.9. The summed E-state index contributed by atoms with van der Waals surface area (Å²) in [5.74, 6) is 0.0249. The van der Waals surface area contributed by atoms with Crippen molar-refractivity contribution in [3.63, 3.8) is 0 Å². The van der Waals surface area contributed by atoms with Gasteiger partial charge in [0.25, 0.3) is 0 Å². The molecule has 2 aliphatic rings.